The van der Waals surface area contributed by atoms with Gasteiger partial charge in [-0.15, -0.1) is 11.3 Å². The van der Waals surface area contributed by atoms with Crippen LogP contribution in [0.2, 0.25) is 0 Å². The standard InChI is InChI=1S/C15H19N3OS2/c1-8(2)16-12(19)7-20-14-13-10-5-4-6-11(10)21-15(13)18-9(3)17-14/h8H,4-7H2,1-3H3,(H,16,19). The highest BCUT2D eigenvalue weighted by atomic mass is 32.2. The number of thioether (sulfide) groups is 1. The number of fused-ring (bicyclic) bond motifs is 3. The molecule has 6 heteroatoms. The van der Waals surface area contributed by atoms with Gasteiger partial charge in [-0.3, -0.25) is 4.79 Å². The van der Waals surface area contributed by atoms with Gasteiger partial charge in [0.05, 0.1) is 5.75 Å². The second kappa shape index (κ2) is 5.93. The third-order valence-electron chi connectivity index (χ3n) is 3.43. The summed E-state index contributed by atoms with van der Waals surface area (Å²) < 4.78 is 0. The van der Waals surface area contributed by atoms with Gasteiger partial charge in [-0.25, -0.2) is 9.97 Å². The van der Waals surface area contributed by atoms with Crippen LogP contribution in [0.3, 0.4) is 0 Å². The van der Waals surface area contributed by atoms with Crippen molar-refractivity contribution in [3.05, 3.63) is 16.3 Å². The molecule has 2 aromatic heterocycles. The molecule has 0 atom stereocenters. The zero-order valence-corrected chi connectivity index (χ0v) is 14.2. The van der Waals surface area contributed by atoms with Gasteiger partial charge in [-0.2, -0.15) is 0 Å². The Kier molecular flexibility index (Phi) is 4.17. The molecule has 4 nitrogen and oxygen atoms in total. The lowest BCUT2D eigenvalue weighted by atomic mass is 10.2. The summed E-state index contributed by atoms with van der Waals surface area (Å²) in [5.74, 6) is 1.26. The maximum Gasteiger partial charge on any atom is 0.230 e. The van der Waals surface area contributed by atoms with Crippen LogP contribution in [0.25, 0.3) is 10.2 Å². The maximum absolute atomic E-state index is 11.8. The van der Waals surface area contributed by atoms with Gasteiger partial charge in [-0.05, 0) is 45.6 Å². The van der Waals surface area contributed by atoms with Crippen molar-refractivity contribution in [1.29, 1.82) is 0 Å². The minimum atomic E-state index is 0.0614. The van der Waals surface area contributed by atoms with Gasteiger partial charge >= 0.3 is 0 Å². The lowest BCUT2D eigenvalue weighted by Crippen LogP contribution is -2.31. The summed E-state index contributed by atoms with van der Waals surface area (Å²) in [5, 5.41) is 5.08. The Labute approximate surface area is 132 Å². The summed E-state index contributed by atoms with van der Waals surface area (Å²) in [5.41, 5.74) is 1.42. The molecule has 1 aliphatic carbocycles. The first kappa shape index (κ1) is 14.8. The normalized spacial score (nSPS) is 13.9. The van der Waals surface area contributed by atoms with Crippen molar-refractivity contribution in [2.75, 3.05) is 5.75 Å². The van der Waals surface area contributed by atoms with Crippen molar-refractivity contribution in [3.63, 3.8) is 0 Å². The number of hydrogen-bond acceptors (Lipinski definition) is 5. The highest BCUT2D eigenvalue weighted by Crippen LogP contribution is 2.40. The van der Waals surface area contributed by atoms with E-state index in [9.17, 15) is 4.79 Å². The molecule has 0 fully saturated rings. The van der Waals surface area contributed by atoms with E-state index in [1.807, 2.05) is 20.8 Å². The largest absolute Gasteiger partial charge is 0.353 e. The molecule has 0 unspecified atom stereocenters. The zero-order chi connectivity index (χ0) is 15.0. The van der Waals surface area contributed by atoms with Crippen LogP contribution < -0.4 is 5.32 Å². The third kappa shape index (κ3) is 3.06. The first-order valence-corrected chi connectivity index (χ1v) is 9.06. The lowest BCUT2D eigenvalue weighted by Gasteiger charge is -2.09. The average molecular weight is 321 g/mol. The molecule has 0 bridgehead atoms. The van der Waals surface area contributed by atoms with E-state index in [1.165, 1.54) is 34.0 Å². The summed E-state index contributed by atoms with van der Waals surface area (Å²) in [6.07, 6.45) is 3.50. The van der Waals surface area contributed by atoms with Gasteiger partial charge in [-0.1, -0.05) is 11.8 Å². The predicted molar refractivity (Wildman–Crippen MR) is 88.2 cm³/mol. The summed E-state index contributed by atoms with van der Waals surface area (Å²) in [6, 6.07) is 0.177. The summed E-state index contributed by atoms with van der Waals surface area (Å²) in [4.78, 5) is 23.5. The number of aryl methyl sites for hydroxylation is 3. The van der Waals surface area contributed by atoms with Crippen LogP contribution >= 0.6 is 23.1 Å². The van der Waals surface area contributed by atoms with Crippen LogP contribution in [0.5, 0.6) is 0 Å². The fourth-order valence-electron chi connectivity index (χ4n) is 2.67. The Hall–Kier alpha value is -1.14. The van der Waals surface area contributed by atoms with E-state index in [2.05, 4.69) is 15.3 Å². The van der Waals surface area contributed by atoms with E-state index in [0.29, 0.717) is 5.75 Å². The molecule has 2 aromatic rings. The van der Waals surface area contributed by atoms with Crippen molar-refractivity contribution in [2.45, 2.75) is 51.1 Å². The molecule has 0 aromatic carbocycles. The number of amides is 1. The number of aromatic nitrogens is 2. The van der Waals surface area contributed by atoms with Crippen molar-refractivity contribution >= 4 is 39.2 Å². The van der Waals surface area contributed by atoms with Gasteiger partial charge in [0.1, 0.15) is 15.7 Å². The van der Waals surface area contributed by atoms with Crippen LogP contribution in [-0.2, 0) is 17.6 Å². The van der Waals surface area contributed by atoms with Gasteiger partial charge < -0.3 is 5.32 Å². The van der Waals surface area contributed by atoms with Gasteiger partial charge in [0, 0.05) is 16.3 Å². The molecule has 1 amide bonds. The van der Waals surface area contributed by atoms with Gasteiger partial charge in [0.2, 0.25) is 5.91 Å². The average Bonchev–Trinajstić information content (AvgIpc) is 2.94. The summed E-state index contributed by atoms with van der Waals surface area (Å²) in [7, 11) is 0. The molecular weight excluding hydrogens is 302 g/mol. The molecule has 112 valence electrons. The highest BCUT2D eigenvalue weighted by Gasteiger charge is 2.22. The maximum atomic E-state index is 11.8. The number of carbonyl (C=O) groups is 1. The zero-order valence-electron chi connectivity index (χ0n) is 12.5. The van der Waals surface area contributed by atoms with Crippen LogP contribution in [0, 0.1) is 6.92 Å². The Morgan fingerprint density at radius 3 is 2.95 bits per heavy atom. The minimum absolute atomic E-state index is 0.0614. The second-order valence-corrected chi connectivity index (χ2v) is 7.67. The van der Waals surface area contributed by atoms with E-state index in [1.54, 1.807) is 11.3 Å². The molecule has 2 heterocycles. The van der Waals surface area contributed by atoms with Crippen molar-refractivity contribution in [1.82, 2.24) is 15.3 Å². The van der Waals surface area contributed by atoms with Crippen molar-refractivity contribution in [2.24, 2.45) is 0 Å². The third-order valence-corrected chi connectivity index (χ3v) is 5.59. The van der Waals surface area contributed by atoms with E-state index in [-0.39, 0.29) is 11.9 Å². The molecule has 0 radical (unpaired) electrons. The number of nitrogens with one attached hydrogen (secondary N) is 1. The van der Waals surface area contributed by atoms with Crippen LogP contribution in [0.1, 0.15) is 36.5 Å². The summed E-state index contributed by atoms with van der Waals surface area (Å²) >= 11 is 3.32. The first-order chi connectivity index (χ1) is 10.0. The fourth-order valence-corrected chi connectivity index (χ4v) is 4.95. The highest BCUT2D eigenvalue weighted by molar-refractivity contribution is 8.00. The second-order valence-electron chi connectivity index (χ2n) is 5.62. The molecule has 0 aliphatic heterocycles. The molecule has 1 aliphatic rings. The number of nitrogens with zero attached hydrogens (tertiary/aromatic N) is 2. The van der Waals surface area contributed by atoms with Crippen LogP contribution in [0.15, 0.2) is 5.03 Å². The molecule has 21 heavy (non-hydrogen) atoms. The molecule has 0 spiro atoms. The Balaban J connectivity index is 1.89. The van der Waals surface area contributed by atoms with E-state index in [4.69, 9.17) is 0 Å². The topological polar surface area (TPSA) is 54.9 Å². The monoisotopic (exact) mass is 321 g/mol. The predicted octanol–water partition coefficient (Wildman–Crippen LogP) is 3.11. The molecule has 3 rings (SSSR count). The van der Waals surface area contributed by atoms with E-state index < -0.39 is 0 Å². The number of rotatable bonds is 4. The Morgan fingerprint density at radius 1 is 1.38 bits per heavy atom. The van der Waals surface area contributed by atoms with E-state index in [0.717, 1.165) is 28.5 Å². The SMILES string of the molecule is Cc1nc(SCC(=O)NC(C)C)c2c3c(sc2n1)CCC3. The van der Waals surface area contributed by atoms with Gasteiger partial charge in [0.15, 0.2) is 0 Å². The number of hydrogen-bond donors (Lipinski definition) is 1. The minimum Gasteiger partial charge on any atom is -0.353 e. The van der Waals surface area contributed by atoms with Crippen LogP contribution in [0.4, 0.5) is 0 Å². The fraction of sp³-hybridized carbons (Fsp3) is 0.533. The quantitative estimate of drug-likeness (QED) is 0.694. The molecule has 0 saturated heterocycles. The van der Waals surface area contributed by atoms with Crippen molar-refractivity contribution in [3.8, 4) is 0 Å². The smallest absolute Gasteiger partial charge is 0.230 e. The molecular formula is C15H19N3OS2. The summed E-state index contributed by atoms with van der Waals surface area (Å²) in [6.45, 7) is 5.87. The lowest BCUT2D eigenvalue weighted by molar-refractivity contribution is -0.119. The Bertz CT molecular complexity index is 694. The Morgan fingerprint density at radius 2 is 2.19 bits per heavy atom. The van der Waals surface area contributed by atoms with E-state index >= 15 is 0 Å². The molecule has 0 saturated carbocycles. The van der Waals surface area contributed by atoms with Gasteiger partial charge in [0.25, 0.3) is 0 Å². The molecule has 1 N–H and O–H groups in total. The first-order valence-electron chi connectivity index (χ1n) is 7.25. The van der Waals surface area contributed by atoms with Crippen LogP contribution in [-0.4, -0.2) is 27.7 Å². The van der Waals surface area contributed by atoms with Crippen molar-refractivity contribution < 1.29 is 4.79 Å². The number of thiophene rings is 1. The number of carbonyl (C=O) groups excluding carboxylic acids is 1.